The molecule has 0 fully saturated rings. The molecule has 1 unspecified atom stereocenters. The summed E-state index contributed by atoms with van der Waals surface area (Å²) in [4.78, 5) is 10.5. The van der Waals surface area contributed by atoms with Gasteiger partial charge in [-0.15, -0.1) is 5.16 Å². The highest BCUT2D eigenvalue weighted by Gasteiger charge is 2.17. The van der Waals surface area contributed by atoms with Gasteiger partial charge in [-0.1, -0.05) is 0 Å². The molecule has 0 saturated heterocycles. The van der Waals surface area contributed by atoms with Crippen molar-refractivity contribution in [3.63, 3.8) is 0 Å². The Labute approximate surface area is 51.0 Å². The number of nitrogens with one attached hydrogen (secondary N) is 1. The Morgan fingerprint density at radius 2 is 2.78 bits per heavy atom. The number of amides is 1. The summed E-state index contributed by atoms with van der Waals surface area (Å²) in [7, 11) is 0. The number of rotatable bonds is 1. The van der Waals surface area contributed by atoms with Crippen LogP contribution in [0.15, 0.2) is 10.3 Å². The fraction of sp³-hybridized carbons (Fsp3) is 0.250. The van der Waals surface area contributed by atoms with E-state index in [4.69, 9.17) is 5.21 Å². The van der Waals surface area contributed by atoms with Gasteiger partial charge in [-0.3, -0.25) is 4.79 Å². The topological polar surface area (TPSA) is 74.0 Å². The van der Waals surface area contributed by atoms with Crippen LogP contribution in [0.5, 0.6) is 0 Å². The molecule has 1 atom stereocenters. The van der Waals surface area contributed by atoms with E-state index in [1.165, 1.54) is 6.21 Å². The smallest absolute Gasteiger partial charge is 0.254 e. The van der Waals surface area contributed by atoms with Crippen LogP contribution in [0.1, 0.15) is 0 Å². The minimum absolute atomic E-state index is 0.271. The van der Waals surface area contributed by atoms with E-state index in [0.717, 1.165) is 6.21 Å². The number of oxime groups is 1. The van der Waals surface area contributed by atoms with E-state index in [2.05, 4.69) is 15.7 Å². The highest BCUT2D eigenvalue weighted by atomic mass is 16.4. The van der Waals surface area contributed by atoms with Gasteiger partial charge in [0.15, 0.2) is 0 Å². The fourth-order valence-corrected chi connectivity index (χ4v) is 0.501. The Balaban J connectivity index is 2.59. The van der Waals surface area contributed by atoms with Crippen LogP contribution in [0, 0.1) is 5.92 Å². The zero-order valence-electron chi connectivity index (χ0n) is 4.48. The van der Waals surface area contributed by atoms with Gasteiger partial charge in [-0.05, 0) is 0 Å². The molecular formula is C4H5N3O2. The second kappa shape index (κ2) is 2.25. The van der Waals surface area contributed by atoms with E-state index in [-0.39, 0.29) is 5.91 Å². The Hall–Kier alpha value is -1.39. The fourth-order valence-electron chi connectivity index (χ4n) is 0.501. The van der Waals surface area contributed by atoms with Crippen molar-refractivity contribution in [2.75, 3.05) is 0 Å². The molecule has 0 spiro atoms. The predicted octanol–water partition coefficient (Wildman–Crippen LogP) is -0.822. The molecule has 0 radical (unpaired) electrons. The van der Waals surface area contributed by atoms with Crippen LogP contribution in [0.4, 0.5) is 0 Å². The van der Waals surface area contributed by atoms with Crippen LogP contribution >= 0.6 is 0 Å². The highest BCUT2D eigenvalue weighted by molar-refractivity contribution is 6.10. The van der Waals surface area contributed by atoms with Gasteiger partial charge in [0.2, 0.25) is 0 Å². The summed E-state index contributed by atoms with van der Waals surface area (Å²) in [6.45, 7) is 0. The molecule has 1 amide bonds. The molecule has 0 aliphatic carbocycles. The van der Waals surface area contributed by atoms with Gasteiger partial charge in [0.1, 0.15) is 5.92 Å². The van der Waals surface area contributed by atoms with E-state index >= 15 is 0 Å². The second-order valence-electron chi connectivity index (χ2n) is 1.54. The molecule has 2 N–H and O–H groups in total. The van der Waals surface area contributed by atoms with Crippen molar-refractivity contribution >= 4 is 18.3 Å². The standard InChI is InChI=1S/C4H5N3O2/c8-4-3(2-6-9)1-5-7-4/h1-3,9H,(H,7,8). The Morgan fingerprint density at radius 1 is 2.00 bits per heavy atom. The van der Waals surface area contributed by atoms with Gasteiger partial charge in [-0.2, -0.15) is 5.10 Å². The number of hydrogen-bond donors (Lipinski definition) is 2. The lowest BCUT2D eigenvalue weighted by molar-refractivity contribution is -0.120. The molecule has 0 aromatic rings. The maximum Gasteiger partial charge on any atom is 0.254 e. The molecule has 1 rings (SSSR count). The Bertz CT molecular complexity index is 175. The van der Waals surface area contributed by atoms with E-state index in [0.29, 0.717) is 0 Å². The minimum atomic E-state index is -0.505. The van der Waals surface area contributed by atoms with Crippen molar-refractivity contribution in [2.45, 2.75) is 0 Å². The molecule has 5 heteroatoms. The number of hydrogen-bond acceptors (Lipinski definition) is 4. The average molecular weight is 127 g/mol. The molecule has 1 aliphatic heterocycles. The van der Waals surface area contributed by atoms with Gasteiger partial charge >= 0.3 is 0 Å². The summed E-state index contributed by atoms with van der Waals surface area (Å²) in [6.07, 6.45) is 2.47. The molecule has 1 heterocycles. The molecule has 0 aromatic carbocycles. The van der Waals surface area contributed by atoms with Crippen molar-refractivity contribution in [3.8, 4) is 0 Å². The third kappa shape index (κ3) is 1.04. The first-order valence-electron chi connectivity index (χ1n) is 2.35. The molecule has 9 heavy (non-hydrogen) atoms. The third-order valence-electron chi connectivity index (χ3n) is 0.940. The lowest BCUT2D eigenvalue weighted by atomic mass is 10.2. The molecular weight excluding hydrogens is 122 g/mol. The Kier molecular flexibility index (Phi) is 1.44. The van der Waals surface area contributed by atoms with Crippen molar-refractivity contribution in [1.29, 1.82) is 0 Å². The maximum atomic E-state index is 10.5. The average Bonchev–Trinajstić information content (AvgIpc) is 2.18. The van der Waals surface area contributed by atoms with Gasteiger partial charge in [0.05, 0.1) is 6.21 Å². The van der Waals surface area contributed by atoms with Gasteiger partial charge in [0, 0.05) is 6.21 Å². The van der Waals surface area contributed by atoms with E-state index in [9.17, 15) is 4.79 Å². The van der Waals surface area contributed by atoms with E-state index in [1.807, 2.05) is 0 Å². The summed E-state index contributed by atoms with van der Waals surface area (Å²) in [5.41, 5.74) is 2.18. The van der Waals surface area contributed by atoms with Crippen LogP contribution in [-0.4, -0.2) is 23.5 Å². The van der Waals surface area contributed by atoms with Crippen LogP contribution in [0.25, 0.3) is 0 Å². The summed E-state index contributed by atoms with van der Waals surface area (Å²) in [5, 5.41) is 14.1. The van der Waals surface area contributed by atoms with Crippen molar-refractivity contribution < 1.29 is 10.0 Å². The van der Waals surface area contributed by atoms with Gasteiger partial charge < -0.3 is 5.21 Å². The first-order chi connectivity index (χ1) is 4.34. The Morgan fingerprint density at radius 3 is 3.22 bits per heavy atom. The molecule has 0 aromatic heterocycles. The SMILES string of the molecule is O=C1NN=CC1C=NO. The van der Waals surface area contributed by atoms with Crippen molar-refractivity contribution in [3.05, 3.63) is 0 Å². The first kappa shape index (κ1) is 5.74. The molecule has 0 saturated carbocycles. The van der Waals surface area contributed by atoms with E-state index in [1.54, 1.807) is 0 Å². The summed E-state index contributed by atoms with van der Waals surface area (Å²) < 4.78 is 0. The molecule has 0 bridgehead atoms. The number of nitrogens with zero attached hydrogens (tertiary/aromatic N) is 2. The number of carbonyl (C=O) groups excluding carboxylic acids is 1. The quantitative estimate of drug-likeness (QED) is 0.274. The molecule has 48 valence electrons. The summed E-state index contributed by atoms with van der Waals surface area (Å²) in [5.74, 6) is -0.775. The molecule has 1 aliphatic rings. The normalized spacial score (nSPS) is 25.3. The summed E-state index contributed by atoms with van der Waals surface area (Å²) >= 11 is 0. The predicted molar refractivity (Wildman–Crippen MR) is 30.4 cm³/mol. The molecule has 5 nitrogen and oxygen atoms in total. The first-order valence-corrected chi connectivity index (χ1v) is 2.35. The van der Waals surface area contributed by atoms with Crippen molar-refractivity contribution in [2.24, 2.45) is 16.2 Å². The van der Waals surface area contributed by atoms with Crippen LogP contribution in [0.3, 0.4) is 0 Å². The number of carbonyl (C=O) groups is 1. The van der Waals surface area contributed by atoms with Crippen LogP contribution < -0.4 is 5.43 Å². The van der Waals surface area contributed by atoms with Crippen LogP contribution in [-0.2, 0) is 4.79 Å². The zero-order chi connectivity index (χ0) is 6.69. The number of hydrazone groups is 1. The monoisotopic (exact) mass is 127 g/mol. The largest absolute Gasteiger partial charge is 0.411 e. The van der Waals surface area contributed by atoms with Gasteiger partial charge in [0.25, 0.3) is 5.91 Å². The zero-order valence-corrected chi connectivity index (χ0v) is 4.48. The van der Waals surface area contributed by atoms with Gasteiger partial charge in [-0.25, -0.2) is 5.43 Å². The van der Waals surface area contributed by atoms with Crippen LogP contribution in [0.2, 0.25) is 0 Å². The van der Waals surface area contributed by atoms with E-state index < -0.39 is 5.92 Å². The lowest BCUT2D eigenvalue weighted by Gasteiger charge is -1.90. The van der Waals surface area contributed by atoms with Crippen molar-refractivity contribution in [1.82, 2.24) is 5.43 Å². The maximum absolute atomic E-state index is 10.5. The summed E-state index contributed by atoms with van der Waals surface area (Å²) in [6, 6.07) is 0. The lowest BCUT2D eigenvalue weighted by Crippen LogP contribution is -2.20. The second-order valence-corrected chi connectivity index (χ2v) is 1.54. The minimum Gasteiger partial charge on any atom is -0.411 e. The third-order valence-corrected chi connectivity index (χ3v) is 0.940. The highest BCUT2D eigenvalue weighted by Crippen LogP contribution is 1.93.